The molecule has 0 atom stereocenters. The number of benzene rings is 1. The van der Waals surface area contributed by atoms with Gasteiger partial charge in [0.05, 0.1) is 6.61 Å². The Labute approximate surface area is 101 Å². The van der Waals surface area contributed by atoms with Crippen LogP contribution in [0.1, 0.15) is 28.8 Å². The Morgan fingerprint density at radius 2 is 2.24 bits per heavy atom. The molecule has 0 aliphatic heterocycles. The zero-order chi connectivity index (χ0) is 12.4. The number of nitrogens with zero attached hydrogens (tertiary/aromatic N) is 1. The smallest absolute Gasteiger partial charge is 0.254 e. The summed E-state index contributed by atoms with van der Waals surface area (Å²) in [7, 11) is 0. The van der Waals surface area contributed by atoms with E-state index in [0.29, 0.717) is 23.8 Å². The average molecular weight is 234 g/mol. The molecule has 0 unspecified atom stereocenters. The van der Waals surface area contributed by atoms with Crippen LogP contribution in [0.25, 0.3) is 0 Å². The summed E-state index contributed by atoms with van der Waals surface area (Å²) in [6.45, 7) is 2.26. The highest BCUT2D eigenvalue weighted by atomic mass is 16.3. The highest BCUT2D eigenvalue weighted by Crippen LogP contribution is 2.29. The van der Waals surface area contributed by atoms with E-state index in [0.717, 1.165) is 18.4 Å². The number of amides is 1. The van der Waals surface area contributed by atoms with Crippen LogP contribution in [0.4, 0.5) is 5.69 Å². The molecule has 3 N–H and O–H groups in total. The number of nitrogen functional groups attached to an aromatic ring is 1. The molecule has 0 bridgehead atoms. The Kier molecular flexibility index (Phi) is 3.33. The second-order valence-electron chi connectivity index (χ2n) is 4.47. The molecule has 0 heterocycles. The first-order valence-corrected chi connectivity index (χ1v) is 5.92. The van der Waals surface area contributed by atoms with Crippen LogP contribution in [0.2, 0.25) is 0 Å². The number of nitrogens with two attached hydrogens (primary N) is 1. The Hall–Kier alpha value is -1.55. The van der Waals surface area contributed by atoms with Crippen LogP contribution in [0, 0.1) is 6.92 Å². The summed E-state index contributed by atoms with van der Waals surface area (Å²) >= 11 is 0. The van der Waals surface area contributed by atoms with Gasteiger partial charge in [-0.15, -0.1) is 0 Å². The quantitative estimate of drug-likeness (QED) is 0.769. The van der Waals surface area contributed by atoms with Crippen molar-refractivity contribution in [3.05, 3.63) is 29.3 Å². The summed E-state index contributed by atoms with van der Waals surface area (Å²) in [5.41, 5.74) is 7.90. The first kappa shape index (κ1) is 11.9. The van der Waals surface area contributed by atoms with Gasteiger partial charge in [-0.25, -0.2) is 0 Å². The van der Waals surface area contributed by atoms with E-state index in [4.69, 9.17) is 10.8 Å². The minimum absolute atomic E-state index is 0.00357. The topological polar surface area (TPSA) is 66.6 Å². The van der Waals surface area contributed by atoms with Crippen molar-refractivity contribution in [3.63, 3.8) is 0 Å². The summed E-state index contributed by atoms with van der Waals surface area (Å²) in [6, 6.07) is 5.68. The Balaban J connectivity index is 2.25. The van der Waals surface area contributed by atoms with Crippen molar-refractivity contribution in [2.75, 3.05) is 18.9 Å². The van der Waals surface area contributed by atoms with Crippen molar-refractivity contribution in [1.82, 2.24) is 4.90 Å². The maximum Gasteiger partial charge on any atom is 0.254 e. The second kappa shape index (κ2) is 4.75. The van der Waals surface area contributed by atoms with Gasteiger partial charge in [0.2, 0.25) is 0 Å². The fraction of sp³-hybridized carbons (Fsp3) is 0.462. The van der Waals surface area contributed by atoms with Gasteiger partial charge in [0.15, 0.2) is 0 Å². The Morgan fingerprint density at radius 1 is 1.53 bits per heavy atom. The van der Waals surface area contributed by atoms with Gasteiger partial charge in [-0.05, 0) is 37.5 Å². The molecule has 1 aliphatic rings. The number of aliphatic hydroxyl groups is 1. The van der Waals surface area contributed by atoms with Crippen LogP contribution in [-0.2, 0) is 0 Å². The molecule has 0 aromatic heterocycles. The lowest BCUT2D eigenvalue weighted by atomic mass is 10.1. The molecule has 1 saturated carbocycles. The lowest BCUT2D eigenvalue weighted by Crippen LogP contribution is -2.35. The number of aliphatic hydroxyl groups excluding tert-OH is 1. The Morgan fingerprint density at radius 3 is 2.82 bits per heavy atom. The normalized spacial score (nSPS) is 14.7. The zero-order valence-electron chi connectivity index (χ0n) is 10.0. The summed E-state index contributed by atoms with van der Waals surface area (Å²) in [6.07, 6.45) is 2.07. The number of hydrogen-bond acceptors (Lipinski definition) is 3. The molecule has 1 aromatic rings. The molecular formula is C13H18N2O2. The molecule has 0 spiro atoms. The lowest BCUT2D eigenvalue weighted by molar-refractivity contribution is 0.0707. The molecule has 1 aromatic carbocycles. The van der Waals surface area contributed by atoms with Crippen LogP contribution < -0.4 is 5.73 Å². The second-order valence-corrected chi connectivity index (χ2v) is 4.47. The van der Waals surface area contributed by atoms with Gasteiger partial charge in [-0.3, -0.25) is 4.79 Å². The molecule has 1 fully saturated rings. The van der Waals surface area contributed by atoms with Gasteiger partial charge < -0.3 is 15.7 Å². The van der Waals surface area contributed by atoms with Gasteiger partial charge in [-0.1, -0.05) is 6.07 Å². The summed E-state index contributed by atoms with van der Waals surface area (Å²) in [5.74, 6) is -0.0219. The third-order valence-corrected chi connectivity index (χ3v) is 3.20. The van der Waals surface area contributed by atoms with E-state index in [2.05, 4.69) is 0 Å². The molecule has 17 heavy (non-hydrogen) atoms. The number of carbonyl (C=O) groups excluding carboxylic acids is 1. The van der Waals surface area contributed by atoms with E-state index >= 15 is 0 Å². The number of hydrogen-bond donors (Lipinski definition) is 2. The molecular weight excluding hydrogens is 216 g/mol. The fourth-order valence-electron chi connectivity index (χ4n) is 1.98. The largest absolute Gasteiger partial charge is 0.398 e. The van der Waals surface area contributed by atoms with Crippen LogP contribution in [0.15, 0.2) is 18.2 Å². The highest BCUT2D eigenvalue weighted by molar-refractivity contribution is 5.97. The van der Waals surface area contributed by atoms with Crippen molar-refractivity contribution in [2.24, 2.45) is 0 Å². The molecule has 4 heteroatoms. The van der Waals surface area contributed by atoms with Crippen molar-refractivity contribution in [3.8, 4) is 0 Å². The van der Waals surface area contributed by atoms with Gasteiger partial charge >= 0.3 is 0 Å². The molecule has 4 nitrogen and oxygen atoms in total. The number of anilines is 1. The molecule has 0 radical (unpaired) electrons. The van der Waals surface area contributed by atoms with Crippen LogP contribution in [0.5, 0.6) is 0 Å². The van der Waals surface area contributed by atoms with Crippen molar-refractivity contribution in [2.45, 2.75) is 25.8 Å². The predicted molar refractivity (Wildman–Crippen MR) is 66.7 cm³/mol. The third-order valence-electron chi connectivity index (χ3n) is 3.20. The number of rotatable bonds is 4. The SMILES string of the molecule is Cc1c(N)cccc1C(=O)N(CCO)C1CC1. The maximum absolute atomic E-state index is 12.3. The van der Waals surface area contributed by atoms with Crippen molar-refractivity contribution >= 4 is 11.6 Å². The summed E-state index contributed by atoms with van der Waals surface area (Å²) in [5, 5.41) is 9.01. The summed E-state index contributed by atoms with van der Waals surface area (Å²) in [4.78, 5) is 14.1. The van der Waals surface area contributed by atoms with Gasteiger partial charge in [-0.2, -0.15) is 0 Å². The molecule has 1 amide bonds. The minimum Gasteiger partial charge on any atom is -0.398 e. The van der Waals surface area contributed by atoms with Crippen LogP contribution in [-0.4, -0.2) is 35.1 Å². The molecule has 1 aliphatic carbocycles. The first-order chi connectivity index (χ1) is 8.15. The van der Waals surface area contributed by atoms with Crippen LogP contribution >= 0.6 is 0 Å². The lowest BCUT2D eigenvalue weighted by Gasteiger charge is -2.22. The van der Waals surface area contributed by atoms with E-state index in [1.54, 1.807) is 23.1 Å². The third kappa shape index (κ3) is 2.42. The van der Waals surface area contributed by atoms with Crippen molar-refractivity contribution in [1.29, 1.82) is 0 Å². The van der Waals surface area contributed by atoms with E-state index < -0.39 is 0 Å². The van der Waals surface area contributed by atoms with Gasteiger partial charge in [0.25, 0.3) is 5.91 Å². The zero-order valence-corrected chi connectivity index (χ0v) is 10.0. The first-order valence-electron chi connectivity index (χ1n) is 5.92. The van der Waals surface area contributed by atoms with Crippen molar-refractivity contribution < 1.29 is 9.90 Å². The van der Waals surface area contributed by atoms with E-state index in [1.807, 2.05) is 6.92 Å². The van der Waals surface area contributed by atoms with Gasteiger partial charge in [0, 0.05) is 23.8 Å². The van der Waals surface area contributed by atoms with E-state index in [-0.39, 0.29) is 12.5 Å². The minimum atomic E-state index is -0.0219. The summed E-state index contributed by atoms with van der Waals surface area (Å²) < 4.78 is 0. The van der Waals surface area contributed by atoms with E-state index in [9.17, 15) is 4.79 Å². The molecule has 92 valence electrons. The van der Waals surface area contributed by atoms with E-state index in [1.165, 1.54) is 0 Å². The Bertz CT molecular complexity index is 427. The molecule has 2 rings (SSSR count). The fourth-order valence-corrected chi connectivity index (χ4v) is 1.98. The highest BCUT2D eigenvalue weighted by Gasteiger charge is 2.33. The average Bonchev–Trinajstić information content (AvgIpc) is 3.13. The predicted octanol–water partition coefficient (Wildman–Crippen LogP) is 1.17. The molecule has 0 saturated heterocycles. The standard InChI is InChI=1S/C13H18N2O2/c1-9-11(3-2-4-12(9)14)13(17)15(7-8-16)10-5-6-10/h2-4,10,16H,5-8,14H2,1H3. The number of carbonyl (C=O) groups is 1. The van der Waals surface area contributed by atoms with Crippen LogP contribution in [0.3, 0.4) is 0 Å². The maximum atomic E-state index is 12.3. The monoisotopic (exact) mass is 234 g/mol. The van der Waals surface area contributed by atoms with Gasteiger partial charge in [0.1, 0.15) is 0 Å².